The van der Waals surface area contributed by atoms with E-state index in [1.807, 2.05) is 0 Å². The van der Waals surface area contributed by atoms with Crippen LogP contribution in [0.5, 0.6) is 11.5 Å². The van der Waals surface area contributed by atoms with Gasteiger partial charge in [-0.05, 0) is 50.2 Å². The van der Waals surface area contributed by atoms with Crippen molar-refractivity contribution < 1.29 is 28.0 Å². The van der Waals surface area contributed by atoms with Gasteiger partial charge in [0.05, 0.1) is 9.95 Å². The molecule has 31 heavy (non-hydrogen) atoms. The number of non-ortho nitro benzene ring substituents is 1. The van der Waals surface area contributed by atoms with Crippen LogP contribution in [0.25, 0.3) is 5.69 Å². The van der Waals surface area contributed by atoms with Gasteiger partial charge >= 0.3 is 6.61 Å². The number of ether oxygens (including phenoxy) is 2. The minimum absolute atomic E-state index is 0.0265. The van der Waals surface area contributed by atoms with Gasteiger partial charge in [-0.2, -0.15) is 8.78 Å². The van der Waals surface area contributed by atoms with Gasteiger partial charge < -0.3 is 14.0 Å². The van der Waals surface area contributed by atoms with E-state index in [1.54, 1.807) is 36.6 Å². The Bertz CT molecular complexity index is 1130. The van der Waals surface area contributed by atoms with Crippen LogP contribution >= 0.6 is 11.6 Å². The number of carbonyl (C=O) groups is 1. The number of aromatic nitrogens is 1. The number of carbonyl (C=O) groups excluding carboxylic acids is 1. The number of nitrogens with zero attached hydrogens (tertiary/aromatic N) is 2. The Morgan fingerprint density at radius 3 is 2.42 bits per heavy atom. The van der Waals surface area contributed by atoms with Crippen LogP contribution in [0.2, 0.25) is 5.02 Å². The van der Waals surface area contributed by atoms with E-state index in [0.29, 0.717) is 16.9 Å². The third kappa shape index (κ3) is 5.00. The Balaban J connectivity index is 1.77. The molecule has 0 fully saturated rings. The highest BCUT2D eigenvalue weighted by Crippen LogP contribution is 2.29. The molecule has 0 unspecified atom stereocenters. The number of aryl methyl sites for hydroxylation is 1. The number of hydrogen-bond donors (Lipinski definition) is 0. The summed E-state index contributed by atoms with van der Waals surface area (Å²) < 4.78 is 36.3. The number of nitro benzene ring substituents is 1. The number of Topliss-reactive ketones (excluding diaryl/α,β-unsaturated/α-hetero) is 1. The van der Waals surface area contributed by atoms with Gasteiger partial charge in [-0.25, -0.2) is 0 Å². The average Bonchev–Trinajstić information content (AvgIpc) is 3.01. The summed E-state index contributed by atoms with van der Waals surface area (Å²) in [7, 11) is 0. The second kappa shape index (κ2) is 9.13. The van der Waals surface area contributed by atoms with Crippen LogP contribution < -0.4 is 9.47 Å². The molecule has 0 radical (unpaired) electrons. The molecule has 0 bridgehead atoms. The van der Waals surface area contributed by atoms with E-state index < -0.39 is 11.5 Å². The van der Waals surface area contributed by atoms with E-state index in [4.69, 9.17) is 16.3 Å². The van der Waals surface area contributed by atoms with Gasteiger partial charge in [-0.15, -0.1) is 0 Å². The molecule has 0 saturated carbocycles. The highest BCUT2D eigenvalue weighted by molar-refractivity contribution is 6.32. The second-order valence-corrected chi connectivity index (χ2v) is 6.98. The van der Waals surface area contributed by atoms with E-state index in [1.165, 1.54) is 24.3 Å². The number of ketones is 1. The molecule has 2 aromatic carbocycles. The molecule has 0 saturated heterocycles. The zero-order chi connectivity index (χ0) is 22.7. The molecule has 0 aliphatic carbocycles. The summed E-state index contributed by atoms with van der Waals surface area (Å²) in [6.45, 7) is 0.335. The molecule has 0 aliphatic rings. The van der Waals surface area contributed by atoms with Crippen LogP contribution in [0.3, 0.4) is 0 Å². The number of nitro groups is 1. The third-order valence-electron chi connectivity index (χ3n) is 4.54. The van der Waals surface area contributed by atoms with E-state index in [-0.39, 0.29) is 34.6 Å². The van der Waals surface area contributed by atoms with E-state index in [0.717, 1.165) is 11.8 Å². The lowest BCUT2D eigenvalue weighted by Crippen LogP contribution is -2.13. The van der Waals surface area contributed by atoms with Crippen molar-refractivity contribution in [2.45, 2.75) is 20.5 Å². The maximum absolute atomic E-state index is 12.7. The summed E-state index contributed by atoms with van der Waals surface area (Å²) in [6, 6.07) is 11.5. The molecule has 1 heterocycles. The number of alkyl halides is 2. The molecule has 3 rings (SSSR count). The Labute approximate surface area is 180 Å². The zero-order valence-electron chi connectivity index (χ0n) is 16.5. The van der Waals surface area contributed by atoms with E-state index in [9.17, 15) is 23.7 Å². The molecule has 0 amide bonds. The van der Waals surface area contributed by atoms with Crippen molar-refractivity contribution in [2.24, 2.45) is 0 Å². The summed E-state index contributed by atoms with van der Waals surface area (Å²) in [5.74, 6) is -0.124. The van der Waals surface area contributed by atoms with Crippen LogP contribution in [0.4, 0.5) is 14.5 Å². The van der Waals surface area contributed by atoms with Crippen molar-refractivity contribution >= 4 is 23.1 Å². The van der Waals surface area contributed by atoms with E-state index in [2.05, 4.69) is 4.74 Å². The van der Waals surface area contributed by atoms with Gasteiger partial charge in [-0.1, -0.05) is 11.6 Å². The van der Waals surface area contributed by atoms with Crippen molar-refractivity contribution in [1.82, 2.24) is 4.57 Å². The van der Waals surface area contributed by atoms with Crippen LogP contribution in [0.15, 0.2) is 48.5 Å². The maximum atomic E-state index is 12.7. The molecular formula is C21H17ClF2N2O5. The minimum Gasteiger partial charge on any atom is -0.484 e. The van der Waals surface area contributed by atoms with Gasteiger partial charge in [0, 0.05) is 34.8 Å². The normalized spacial score (nSPS) is 10.9. The number of hydrogen-bond acceptors (Lipinski definition) is 5. The lowest BCUT2D eigenvalue weighted by atomic mass is 10.1. The maximum Gasteiger partial charge on any atom is 0.387 e. The average molecular weight is 451 g/mol. The fourth-order valence-electron chi connectivity index (χ4n) is 3.16. The Hall–Kier alpha value is -3.46. The first-order valence-corrected chi connectivity index (χ1v) is 9.39. The lowest BCUT2D eigenvalue weighted by Gasteiger charge is -2.11. The number of halogens is 3. The van der Waals surface area contributed by atoms with Crippen molar-refractivity contribution in [3.8, 4) is 17.2 Å². The SMILES string of the molecule is Cc1cc(C(=O)COc2ccc([N+](=O)[O-])cc2Cl)c(C)n1-c1ccc(OC(F)F)cc1. The van der Waals surface area contributed by atoms with Crippen molar-refractivity contribution in [2.75, 3.05) is 6.61 Å². The molecule has 0 N–H and O–H groups in total. The molecule has 10 heteroatoms. The summed E-state index contributed by atoms with van der Waals surface area (Å²) >= 11 is 5.99. The van der Waals surface area contributed by atoms with Crippen LogP contribution in [-0.2, 0) is 0 Å². The minimum atomic E-state index is -2.91. The van der Waals surface area contributed by atoms with Crippen molar-refractivity contribution in [1.29, 1.82) is 0 Å². The quantitative estimate of drug-likeness (QED) is 0.256. The predicted molar refractivity (Wildman–Crippen MR) is 110 cm³/mol. The molecule has 0 atom stereocenters. The lowest BCUT2D eigenvalue weighted by molar-refractivity contribution is -0.384. The molecular weight excluding hydrogens is 434 g/mol. The van der Waals surface area contributed by atoms with E-state index >= 15 is 0 Å². The highest BCUT2D eigenvalue weighted by atomic mass is 35.5. The molecule has 0 spiro atoms. The first kappa shape index (κ1) is 22.2. The Kier molecular flexibility index (Phi) is 6.55. The Morgan fingerprint density at radius 1 is 1.16 bits per heavy atom. The summed E-state index contributed by atoms with van der Waals surface area (Å²) in [5.41, 5.74) is 2.32. The Morgan fingerprint density at radius 2 is 1.84 bits per heavy atom. The number of benzene rings is 2. The summed E-state index contributed by atoms with van der Waals surface area (Å²) in [5, 5.41) is 10.8. The van der Waals surface area contributed by atoms with Crippen LogP contribution in [0, 0.1) is 24.0 Å². The fraction of sp³-hybridized carbons (Fsp3) is 0.190. The largest absolute Gasteiger partial charge is 0.484 e. The number of rotatable bonds is 8. The van der Waals surface area contributed by atoms with Crippen LogP contribution in [0.1, 0.15) is 21.7 Å². The van der Waals surface area contributed by atoms with Gasteiger partial charge in [0.25, 0.3) is 5.69 Å². The first-order valence-electron chi connectivity index (χ1n) is 9.01. The molecule has 1 aromatic heterocycles. The molecule has 3 aromatic rings. The molecule has 162 valence electrons. The second-order valence-electron chi connectivity index (χ2n) is 6.58. The first-order chi connectivity index (χ1) is 14.7. The third-order valence-corrected chi connectivity index (χ3v) is 4.83. The molecule has 7 nitrogen and oxygen atoms in total. The zero-order valence-corrected chi connectivity index (χ0v) is 17.2. The smallest absolute Gasteiger partial charge is 0.387 e. The van der Waals surface area contributed by atoms with Crippen molar-refractivity contribution in [3.63, 3.8) is 0 Å². The van der Waals surface area contributed by atoms with Crippen molar-refractivity contribution in [3.05, 3.63) is 80.6 Å². The van der Waals surface area contributed by atoms with Gasteiger partial charge in [0.15, 0.2) is 6.61 Å². The standard InChI is InChI=1S/C21H17ClF2N2O5/c1-12-9-17(13(2)25(12)14-3-6-16(7-4-14)31-21(23)24)19(27)11-30-20-8-5-15(26(28)29)10-18(20)22/h3-10,21H,11H2,1-2H3. The fourth-order valence-corrected chi connectivity index (χ4v) is 3.39. The van der Waals surface area contributed by atoms with Gasteiger partial charge in [-0.3, -0.25) is 14.9 Å². The topological polar surface area (TPSA) is 83.6 Å². The van der Waals surface area contributed by atoms with Crippen LogP contribution in [-0.4, -0.2) is 28.5 Å². The monoisotopic (exact) mass is 450 g/mol. The molecule has 0 aliphatic heterocycles. The van der Waals surface area contributed by atoms with Gasteiger partial charge in [0.1, 0.15) is 11.5 Å². The predicted octanol–water partition coefficient (Wildman–Crippen LogP) is 5.52. The highest BCUT2D eigenvalue weighted by Gasteiger charge is 2.18. The van der Waals surface area contributed by atoms with Gasteiger partial charge in [0.2, 0.25) is 5.78 Å². The summed E-state index contributed by atoms with van der Waals surface area (Å²) in [4.78, 5) is 22.9. The summed E-state index contributed by atoms with van der Waals surface area (Å²) in [6.07, 6.45) is 0.